The third-order valence-electron chi connectivity index (χ3n) is 4.87. The summed E-state index contributed by atoms with van der Waals surface area (Å²) in [4.78, 5) is 2.39. The van der Waals surface area contributed by atoms with Crippen LogP contribution in [0, 0.1) is 6.92 Å². The second-order valence-corrected chi connectivity index (χ2v) is 6.46. The van der Waals surface area contributed by atoms with Crippen molar-refractivity contribution in [3.8, 4) is 11.5 Å². The van der Waals surface area contributed by atoms with Crippen LogP contribution in [0.25, 0.3) is 0 Å². The Labute approximate surface area is 144 Å². The second-order valence-electron chi connectivity index (χ2n) is 6.46. The summed E-state index contributed by atoms with van der Waals surface area (Å²) >= 11 is 0. The number of benzene rings is 2. The molecule has 0 radical (unpaired) electrons. The van der Waals surface area contributed by atoms with E-state index in [1.54, 1.807) is 14.2 Å². The Kier molecular flexibility index (Phi) is 4.95. The third kappa shape index (κ3) is 3.34. The van der Waals surface area contributed by atoms with Gasteiger partial charge in [0.05, 0.1) is 14.2 Å². The van der Waals surface area contributed by atoms with Crippen molar-refractivity contribution in [3.05, 3.63) is 53.6 Å². The number of anilines is 1. The molecule has 2 aromatic carbocycles. The fourth-order valence-electron chi connectivity index (χ4n) is 3.48. The number of hydrogen-bond donors (Lipinski definition) is 1. The van der Waals surface area contributed by atoms with E-state index in [4.69, 9.17) is 15.2 Å². The zero-order chi connectivity index (χ0) is 17.1. The van der Waals surface area contributed by atoms with Crippen LogP contribution >= 0.6 is 0 Å². The van der Waals surface area contributed by atoms with E-state index in [-0.39, 0.29) is 6.04 Å². The van der Waals surface area contributed by atoms with Gasteiger partial charge in [-0.25, -0.2) is 0 Å². The van der Waals surface area contributed by atoms with Crippen LogP contribution in [0.5, 0.6) is 11.5 Å². The van der Waals surface area contributed by atoms with Crippen molar-refractivity contribution < 1.29 is 9.47 Å². The first-order valence-corrected chi connectivity index (χ1v) is 8.41. The molecule has 2 aromatic rings. The molecule has 24 heavy (non-hydrogen) atoms. The zero-order valence-corrected chi connectivity index (χ0v) is 14.7. The maximum Gasteiger partial charge on any atom is 0.162 e. The van der Waals surface area contributed by atoms with Crippen molar-refractivity contribution in [3.63, 3.8) is 0 Å². The normalized spacial score (nSPS) is 20.8. The predicted octanol–water partition coefficient (Wildman–Crippen LogP) is 3.33. The second kappa shape index (κ2) is 7.14. The van der Waals surface area contributed by atoms with Crippen molar-refractivity contribution in [2.45, 2.75) is 25.3 Å². The van der Waals surface area contributed by atoms with Crippen LogP contribution in [0.2, 0.25) is 0 Å². The monoisotopic (exact) mass is 326 g/mol. The van der Waals surface area contributed by atoms with E-state index in [9.17, 15) is 0 Å². The van der Waals surface area contributed by atoms with Gasteiger partial charge in [0.2, 0.25) is 0 Å². The Balaban J connectivity index is 1.85. The first-order chi connectivity index (χ1) is 11.6. The molecule has 0 spiro atoms. The molecule has 0 bridgehead atoms. The number of piperidine rings is 1. The number of hydrogen-bond acceptors (Lipinski definition) is 4. The summed E-state index contributed by atoms with van der Waals surface area (Å²) in [7, 11) is 3.33. The van der Waals surface area contributed by atoms with E-state index >= 15 is 0 Å². The Hall–Kier alpha value is -2.20. The molecule has 4 heteroatoms. The third-order valence-corrected chi connectivity index (χ3v) is 4.87. The van der Waals surface area contributed by atoms with Gasteiger partial charge in [-0.1, -0.05) is 29.8 Å². The molecule has 1 aliphatic heterocycles. The van der Waals surface area contributed by atoms with Crippen LogP contribution in [0.3, 0.4) is 0 Å². The lowest BCUT2D eigenvalue weighted by Gasteiger charge is -2.38. The number of ether oxygens (including phenoxy) is 2. The summed E-state index contributed by atoms with van der Waals surface area (Å²) in [5.41, 5.74) is 10.2. The molecular weight excluding hydrogens is 300 g/mol. The topological polar surface area (TPSA) is 47.7 Å². The SMILES string of the molecule is COc1ccc(N2CC[C@H](N)[C@H](c3cccc(C)c3)C2)cc1OC. The summed E-state index contributed by atoms with van der Waals surface area (Å²) in [5.74, 6) is 1.86. The Bertz CT molecular complexity index is 702. The van der Waals surface area contributed by atoms with Gasteiger partial charge in [-0.3, -0.25) is 0 Å². The summed E-state index contributed by atoms with van der Waals surface area (Å²) in [6.45, 7) is 4.00. The quantitative estimate of drug-likeness (QED) is 0.936. The van der Waals surface area contributed by atoms with Gasteiger partial charge in [-0.05, 0) is 31.0 Å². The molecule has 1 fully saturated rings. The van der Waals surface area contributed by atoms with Crippen LogP contribution in [0.4, 0.5) is 5.69 Å². The van der Waals surface area contributed by atoms with Gasteiger partial charge >= 0.3 is 0 Å². The van der Waals surface area contributed by atoms with Crippen LogP contribution in [-0.2, 0) is 0 Å². The highest BCUT2D eigenvalue weighted by atomic mass is 16.5. The molecule has 2 N–H and O–H groups in total. The predicted molar refractivity (Wildman–Crippen MR) is 98.3 cm³/mol. The molecule has 0 saturated carbocycles. The highest BCUT2D eigenvalue weighted by Crippen LogP contribution is 2.35. The van der Waals surface area contributed by atoms with Crippen LogP contribution in [-0.4, -0.2) is 33.4 Å². The average molecular weight is 326 g/mol. The molecule has 0 aliphatic carbocycles. The van der Waals surface area contributed by atoms with Gasteiger partial charge in [-0.15, -0.1) is 0 Å². The van der Waals surface area contributed by atoms with E-state index < -0.39 is 0 Å². The van der Waals surface area contributed by atoms with Gasteiger partial charge < -0.3 is 20.1 Å². The van der Waals surface area contributed by atoms with E-state index in [0.717, 1.165) is 36.7 Å². The standard InChI is InChI=1S/C20H26N2O2/c1-14-5-4-6-15(11-14)17-13-22(10-9-18(17)21)16-7-8-19(23-2)20(12-16)24-3/h4-8,11-12,17-18H,9-10,13,21H2,1-3H3/t17-,18-/m0/s1. The smallest absolute Gasteiger partial charge is 0.162 e. The molecule has 1 aliphatic rings. The van der Waals surface area contributed by atoms with E-state index in [1.165, 1.54) is 11.1 Å². The van der Waals surface area contributed by atoms with Crippen LogP contribution in [0.1, 0.15) is 23.5 Å². The van der Waals surface area contributed by atoms with Crippen molar-refractivity contribution in [2.24, 2.45) is 5.73 Å². The van der Waals surface area contributed by atoms with Gasteiger partial charge in [0.1, 0.15) is 0 Å². The molecule has 2 atom stereocenters. The van der Waals surface area contributed by atoms with Gasteiger partial charge in [0, 0.05) is 36.8 Å². The first kappa shape index (κ1) is 16.7. The summed E-state index contributed by atoms with van der Waals surface area (Å²) in [6, 6.07) is 15.0. The van der Waals surface area contributed by atoms with Crippen molar-refractivity contribution >= 4 is 5.69 Å². The number of aryl methyl sites for hydroxylation is 1. The van der Waals surface area contributed by atoms with Crippen molar-refractivity contribution in [2.75, 3.05) is 32.2 Å². The Morgan fingerprint density at radius 3 is 2.54 bits per heavy atom. The van der Waals surface area contributed by atoms with Crippen LogP contribution < -0.4 is 20.1 Å². The molecular formula is C20H26N2O2. The lowest BCUT2D eigenvalue weighted by atomic mass is 9.85. The lowest BCUT2D eigenvalue weighted by molar-refractivity contribution is 0.354. The van der Waals surface area contributed by atoms with Crippen LogP contribution in [0.15, 0.2) is 42.5 Å². The van der Waals surface area contributed by atoms with Crippen molar-refractivity contribution in [1.82, 2.24) is 0 Å². The van der Waals surface area contributed by atoms with E-state index in [2.05, 4.69) is 42.2 Å². The molecule has 0 aromatic heterocycles. The fraction of sp³-hybridized carbons (Fsp3) is 0.400. The van der Waals surface area contributed by atoms with Gasteiger partial charge in [0.15, 0.2) is 11.5 Å². The lowest BCUT2D eigenvalue weighted by Crippen LogP contribution is -2.45. The first-order valence-electron chi connectivity index (χ1n) is 8.41. The molecule has 0 amide bonds. The number of methoxy groups -OCH3 is 2. The highest BCUT2D eigenvalue weighted by Gasteiger charge is 2.28. The molecule has 0 unspecified atom stereocenters. The minimum absolute atomic E-state index is 0.197. The van der Waals surface area contributed by atoms with Gasteiger partial charge in [-0.2, -0.15) is 0 Å². The Morgan fingerprint density at radius 2 is 1.83 bits per heavy atom. The highest BCUT2D eigenvalue weighted by molar-refractivity contribution is 5.57. The van der Waals surface area contributed by atoms with Crippen molar-refractivity contribution in [1.29, 1.82) is 0 Å². The minimum atomic E-state index is 0.197. The Morgan fingerprint density at radius 1 is 1.04 bits per heavy atom. The molecule has 128 valence electrons. The minimum Gasteiger partial charge on any atom is -0.493 e. The maximum absolute atomic E-state index is 6.43. The van der Waals surface area contributed by atoms with E-state index in [0.29, 0.717) is 5.92 Å². The molecule has 1 saturated heterocycles. The largest absolute Gasteiger partial charge is 0.493 e. The molecule has 3 rings (SSSR count). The summed E-state index contributed by atoms with van der Waals surface area (Å²) in [5, 5.41) is 0. The number of nitrogens with two attached hydrogens (primary N) is 1. The molecule has 4 nitrogen and oxygen atoms in total. The summed E-state index contributed by atoms with van der Waals surface area (Å²) < 4.78 is 10.8. The number of rotatable bonds is 4. The average Bonchev–Trinajstić information content (AvgIpc) is 2.61. The molecule has 1 heterocycles. The zero-order valence-electron chi connectivity index (χ0n) is 14.7. The fourth-order valence-corrected chi connectivity index (χ4v) is 3.48. The number of nitrogens with zero attached hydrogens (tertiary/aromatic N) is 1. The van der Waals surface area contributed by atoms with Gasteiger partial charge in [0.25, 0.3) is 0 Å². The maximum atomic E-state index is 6.43. The summed E-state index contributed by atoms with van der Waals surface area (Å²) in [6.07, 6.45) is 0.979. The van der Waals surface area contributed by atoms with E-state index in [1.807, 2.05) is 12.1 Å².